The van der Waals surface area contributed by atoms with Gasteiger partial charge in [0.15, 0.2) is 10.8 Å². The van der Waals surface area contributed by atoms with Crippen LogP contribution in [0.4, 0.5) is 5.13 Å². The van der Waals surface area contributed by atoms with Crippen LogP contribution in [0.5, 0.6) is 0 Å². The first-order valence-corrected chi connectivity index (χ1v) is 13.0. The van der Waals surface area contributed by atoms with E-state index in [1.165, 1.54) is 23.8 Å². The highest BCUT2D eigenvalue weighted by molar-refractivity contribution is 8.00. The minimum atomic E-state index is -1.21. The number of nitrogens with one attached hydrogen (secondary N) is 1. The third-order valence-corrected chi connectivity index (χ3v) is 7.96. The predicted molar refractivity (Wildman–Crippen MR) is 137 cm³/mol. The fourth-order valence-corrected chi connectivity index (χ4v) is 6.35. The lowest BCUT2D eigenvalue weighted by Gasteiger charge is -2.49. The zero-order valence-electron chi connectivity index (χ0n) is 20.0. The minimum absolute atomic E-state index is 0.0796. The molecule has 1 saturated heterocycles. The third-order valence-electron chi connectivity index (χ3n) is 5.95. The molecule has 194 valence electrons. The monoisotopic (exact) mass is 545 g/mol. The summed E-state index contributed by atoms with van der Waals surface area (Å²) in [5.41, 5.74) is 7.98. The zero-order chi connectivity index (χ0) is 26.4. The first kappa shape index (κ1) is 24.9. The van der Waals surface area contributed by atoms with Gasteiger partial charge in [-0.2, -0.15) is 5.01 Å². The number of thiazole rings is 1. The molecular weight excluding hydrogens is 522 g/mol. The number of carboxylic acids is 1. The van der Waals surface area contributed by atoms with Crippen LogP contribution in [-0.2, 0) is 19.2 Å². The van der Waals surface area contributed by atoms with E-state index in [4.69, 9.17) is 10.6 Å². The number of fused-ring (bicyclic) bond motifs is 2. The molecule has 5 rings (SSSR count). The van der Waals surface area contributed by atoms with Gasteiger partial charge in [-0.15, -0.1) is 23.1 Å². The Morgan fingerprint density at radius 2 is 2.16 bits per heavy atom. The second-order valence-electron chi connectivity index (χ2n) is 8.43. The van der Waals surface area contributed by atoms with E-state index in [2.05, 4.69) is 25.4 Å². The van der Waals surface area contributed by atoms with Gasteiger partial charge in [-0.05, 0) is 25.5 Å². The molecule has 0 bridgehead atoms. The normalized spacial score (nSPS) is 23.6. The summed E-state index contributed by atoms with van der Waals surface area (Å²) in [7, 11) is 1.28. The number of nitrogens with two attached hydrogens (primary N) is 1. The van der Waals surface area contributed by atoms with Crippen molar-refractivity contribution in [2.45, 2.75) is 25.3 Å². The maximum absolute atomic E-state index is 13.1. The van der Waals surface area contributed by atoms with Crippen molar-refractivity contribution in [1.82, 2.24) is 25.2 Å². The fourth-order valence-electron chi connectivity index (χ4n) is 4.47. The van der Waals surface area contributed by atoms with Crippen molar-refractivity contribution in [2.24, 2.45) is 15.1 Å². The zero-order valence-corrected chi connectivity index (χ0v) is 21.7. The predicted octanol–water partition coefficient (Wildman–Crippen LogP) is 0.0388. The summed E-state index contributed by atoms with van der Waals surface area (Å²) in [6.07, 6.45) is 1.92. The summed E-state index contributed by atoms with van der Waals surface area (Å²) < 4.78 is 0. The van der Waals surface area contributed by atoms with Gasteiger partial charge in [0.1, 0.15) is 36.6 Å². The number of aliphatic carboxylic acids is 1. The van der Waals surface area contributed by atoms with Gasteiger partial charge in [-0.3, -0.25) is 14.5 Å². The summed E-state index contributed by atoms with van der Waals surface area (Å²) in [4.78, 5) is 57.2. The van der Waals surface area contributed by atoms with Gasteiger partial charge in [0, 0.05) is 29.1 Å². The number of oxime groups is 1. The molecule has 4 N–H and O–H groups in total. The summed E-state index contributed by atoms with van der Waals surface area (Å²) in [5.74, 6) is -1.51. The van der Waals surface area contributed by atoms with Crippen LogP contribution < -0.4 is 11.1 Å². The second-order valence-corrected chi connectivity index (χ2v) is 10.4. The smallest absolute Gasteiger partial charge is 0.352 e. The highest BCUT2D eigenvalue weighted by Gasteiger charge is 2.54. The van der Waals surface area contributed by atoms with Gasteiger partial charge in [-0.1, -0.05) is 5.16 Å². The molecule has 1 aromatic rings. The number of hydrogen-bond acceptors (Lipinski definition) is 13. The molecule has 5 heterocycles. The number of thioether (sulfide) groups is 1. The highest BCUT2D eigenvalue weighted by Crippen LogP contribution is 2.41. The number of rotatable bonds is 7. The Balaban J connectivity index is 1.33. The minimum Gasteiger partial charge on any atom is -0.477 e. The molecule has 0 aliphatic carbocycles. The number of guanidine groups is 1. The van der Waals surface area contributed by atoms with E-state index in [0.717, 1.165) is 22.7 Å². The Bertz CT molecular complexity index is 1350. The molecule has 0 unspecified atom stereocenters. The van der Waals surface area contributed by atoms with Crippen molar-refractivity contribution in [2.75, 3.05) is 31.8 Å². The maximum Gasteiger partial charge on any atom is 0.352 e. The fraction of sp³-hybridized carbons (Fsp3) is 0.381. The number of β-lactam (4-membered cyclic amide) rings is 1. The number of nitrogen functional groups attached to an aromatic ring is 1. The number of amides is 2. The van der Waals surface area contributed by atoms with Gasteiger partial charge >= 0.3 is 5.97 Å². The number of carbonyl (C=O) groups is 3. The van der Waals surface area contributed by atoms with E-state index in [9.17, 15) is 19.5 Å². The molecule has 0 saturated carbocycles. The van der Waals surface area contributed by atoms with Gasteiger partial charge < -0.3 is 21.0 Å². The van der Waals surface area contributed by atoms with Crippen molar-refractivity contribution in [1.29, 1.82) is 0 Å². The van der Waals surface area contributed by atoms with E-state index < -0.39 is 29.2 Å². The molecular formula is C21H23N9O5S2. The first-order valence-electron chi connectivity index (χ1n) is 11.1. The number of allylic oxidation sites excluding steroid dienone is 2. The van der Waals surface area contributed by atoms with Crippen molar-refractivity contribution in [3.05, 3.63) is 34.1 Å². The average molecular weight is 546 g/mol. The van der Waals surface area contributed by atoms with E-state index in [0.29, 0.717) is 24.0 Å². The van der Waals surface area contributed by atoms with Crippen molar-refractivity contribution >= 4 is 63.4 Å². The van der Waals surface area contributed by atoms with Crippen LogP contribution in [-0.4, -0.2) is 97.7 Å². The lowest BCUT2D eigenvalue weighted by Crippen LogP contribution is -2.71. The van der Waals surface area contributed by atoms with Crippen molar-refractivity contribution in [3.8, 4) is 0 Å². The molecule has 2 atom stereocenters. The van der Waals surface area contributed by atoms with Gasteiger partial charge in [0.25, 0.3) is 11.8 Å². The van der Waals surface area contributed by atoms with Crippen LogP contribution >= 0.6 is 23.1 Å². The van der Waals surface area contributed by atoms with E-state index in [1.54, 1.807) is 5.38 Å². The number of aliphatic imine (C=N–C) groups is 2. The molecule has 37 heavy (non-hydrogen) atoms. The van der Waals surface area contributed by atoms with Crippen molar-refractivity contribution in [3.63, 3.8) is 0 Å². The number of hydrazine groups is 1. The number of anilines is 1. The number of nitrogens with zero attached hydrogens (tertiary/aromatic N) is 7. The number of aromatic nitrogens is 1. The topological polar surface area (TPSA) is 178 Å². The average Bonchev–Trinajstić information content (AvgIpc) is 3.46. The number of carbonyl (C=O) groups excluding carboxylic acids is 2. The summed E-state index contributed by atoms with van der Waals surface area (Å²) in [6, 6.07) is -0.933. The third kappa shape index (κ3) is 4.36. The molecule has 0 radical (unpaired) electrons. The van der Waals surface area contributed by atoms with Crippen LogP contribution in [0.2, 0.25) is 0 Å². The lowest BCUT2D eigenvalue weighted by atomic mass is 10.0. The van der Waals surface area contributed by atoms with Gasteiger partial charge in [0.2, 0.25) is 5.96 Å². The summed E-state index contributed by atoms with van der Waals surface area (Å²) >= 11 is 2.51. The van der Waals surface area contributed by atoms with E-state index in [1.807, 2.05) is 29.9 Å². The Hall–Kier alpha value is -3.76. The largest absolute Gasteiger partial charge is 0.477 e. The molecule has 4 aliphatic rings. The van der Waals surface area contributed by atoms with Crippen LogP contribution in [0.3, 0.4) is 0 Å². The Labute approximate surface area is 219 Å². The van der Waals surface area contributed by atoms with Crippen LogP contribution in [0.15, 0.2) is 43.6 Å². The molecule has 0 spiro atoms. The standard InChI is InChI=1S/C21H23N9O5S2/c1-9-4-10(2)30-21(24-9)23-8-28(30)5-11-6-36-18-14(17(32)29(18)15(11)19(33)34)26-16(31)13(27-35-3)12-7-37-20(22)25-12/h4,7,14,18H,5-6,8H2,1-3H3,(H2,22,25)(H,26,31)(H,33,34)/t14-,18+/m1/s1. The first-order chi connectivity index (χ1) is 17.7. The van der Waals surface area contributed by atoms with Crippen LogP contribution in [0, 0.1) is 0 Å². The molecule has 0 aromatic carbocycles. The summed E-state index contributed by atoms with van der Waals surface area (Å²) in [6.45, 7) is 4.38. The quantitative estimate of drug-likeness (QED) is 0.241. The molecule has 1 aromatic heterocycles. The Kier molecular flexibility index (Phi) is 6.47. The van der Waals surface area contributed by atoms with E-state index >= 15 is 0 Å². The Morgan fingerprint density at radius 3 is 2.84 bits per heavy atom. The van der Waals surface area contributed by atoms with Crippen LogP contribution in [0.25, 0.3) is 0 Å². The molecule has 4 aliphatic heterocycles. The molecule has 1 fully saturated rings. The van der Waals surface area contributed by atoms with Gasteiger partial charge in [0.05, 0.1) is 0 Å². The molecule has 16 heteroatoms. The molecule has 14 nitrogen and oxygen atoms in total. The van der Waals surface area contributed by atoms with Gasteiger partial charge in [-0.25, -0.2) is 24.8 Å². The molecule has 2 amide bonds. The lowest BCUT2D eigenvalue weighted by molar-refractivity contribution is -0.150. The number of carboxylic acid groups (broad SMARTS) is 1. The number of hydrogen-bond donors (Lipinski definition) is 3. The van der Waals surface area contributed by atoms with E-state index in [-0.39, 0.29) is 28.8 Å². The highest BCUT2D eigenvalue weighted by atomic mass is 32.2. The van der Waals surface area contributed by atoms with Crippen molar-refractivity contribution < 1.29 is 24.3 Å². The second kappa shape index (κ2) is 9.60. The SMILES string of the molecule is CON=C(C(=O)N[C@@H]1C(=O)N2C(C(=O)O)=C(CN3CN=C4N=C(C)C=C(C)N43)CS[C@@H]12)c1csc(N)n1. The van der Waals surface area contributed by atoms with Crippen LogP contribution in [0.1, 0.15) is 19.5 Å². The Morgan fingerprint density at radius 1 is 1.38 bits per heavy atom. The summed E-state index contributed by atoms with van der Waals surface area (Å²) in [5, 5.41) is 21.3. The maximum atomic E-state index is 13.1.